The molecule has 0 saturated carbocycles. The smallest absolute Gasteiger partial charge is 0.349 e. The minimum Gasteiger partial charge on any atom is -0.356 e. The van der Waals surface area contributed by atoms with E-state index in [1.165, 1.54) is 0 Å². The summed E-state index contributed by atoms with van der Waals surface area (Å²) < 4.78 is 1.65. The minimum absolute atomic E-state index is 0.141. The zero-order valence-electron chi connectivity index (χ0n) is 15.0. The molecule has 0 bridgehead atoms. The molecule has 2 aromatic rings. The lowest BCUT2D eigenvalue weighted by molar-refractivity contribution is 0.198. The highest BCUT2D eigenvalue weighted by Crippen LogP contribution is 2.19. The van der Waals surface area contributed by atoms with Crippen LogP contribution >= 0.6 is 0 Å². The van der Waals surface area contributed by atoms with E-state index in [2.05, 4.69) is 18.7 Å². The van der Waals surface area contributed by atoms with Crippen LogP contribution in [0.1, 0.15) is 32.0 Å². The predicted octanol–water partition coefficient (Wildman–Crippen LogP) is 4.03. The summed E-state index contributed by atoms with van der Waals surface area (Å²) in [5.41, 5.74) is 2.98. The molecule has 0 spiro atoms. The van der Waals surface area contributed by atoms with Gasteiger partial charge in [0.25, 0.3) is 0 Å². The standard InChI is InChI=1S/C20H24N4O/c1-4-22(5-2)19-16(3)14-18-12-9-13-23(18)20(25)24(21-19)15-17-10-7-6-8-11-17/h6-14H,4-5,15H2,1-3H3/b16-14-,21-19+. The van der Waals surface area contributed by atoms with Crippen LogP contribution in [0.2, 0.25) is 0 Å². The SMILES string of the molecule is CCN(CC)C1=N/N(Cc2ccccc2)C(=O)n2cccc2/C=C\1C. The van der Waals surface area contributed by atoms with Gasteiger partial charge in [-0.3, -0.25) is 4.57 Å². The molecule has 1 aliphatic heterocycles. The summed E-state index contributed by atoms with van der Waals surface area (Å²) in [6.45, 7) is 8.37. The number of likely N-dealkylation sites (N-methyl/N-ethyl adjacent to an activating group) is 1. The highest BCUT2D eigenvalue weighted by atomic mass is 16.2. The van der Waals surface area contributed by atoms with Crippen LogP contribution in [0.5, 0.6) is 0 Å². The number of carbonyl (C=O) groups excluding carboxylic acids is 1. The van der Waals surface area contributed by atoms with Gasteiger partial charge in [0.05, 0.1) is 12.2 Å². The molecule has 0 atom stereocenters. The van der Waals surface area contributed by atoms with E-state index in [-0.39, 0.29) is 6.03 Å². The molecule has 1 amide bonds. The van der Waals surface area contributed by atoms with Crippen LogP contribution in [0.3, 0.4) is 0 Å². The van der Waals surface area contributed by atoms with Gasteiger partial charge in [0, 0.05) is 19.3 Å². The number of aromatic nitrogens is 1. The fourth-order valence-corrected chi connectivity index (χ4v) is 3.03. The summed E-state index contributed by atoms with van der Waals surface area (Å²) in [5.74, 6) is 0.849. The molecule has 0 saturated heterocycles. The van der Waals surface area contributed by atoms with Gasteiger partial charge in [-0.15, -0.1) is 0 Å². The normalized spacial score (nSPS) is 18.5. The number of carbonyl (C=O) groups is 1. The third-order valence-electron chi connectivity index (χ3n) is 4.38. The largest absolute Gasteiger partial charge is 0.356 e. The van der Waals surface area contributed by atoms with E-state index in [0.29, 0.717) is 6.54 Å². The molecule has 0 fully saturated rings. The Morgan fingerprint density at radius 1 is 1.04 bits per heavy atom. The Morgan fingerprint density at radius 2 is 1.76 bits per heavy atom. The van der Waals surface area contributed by atoms with Crippen LogP contribution in [-0.2, 0) is 6.54 Å². The fraction of sp³-hybridized carbons (Fsp3) is 0.300. The Bertz CT molecular complexity index is 800. The second-order valence-electron chi connectivity index (χ2n) is 6.05. The molecule has 0 aliphatic carbocycles. The van der Waals surface area contributed by atoms with E-state index in [1.54, 1.807) is 15.8 Å². The quantitative estimate of drug-likeness (QED) is 0.846. The third kappa shape index (κ3) is 3.50. The van der Waals surface area contributed by atoms with Crippen molar-refractivity contribution in [3.05, 3.63) is 65.5 Å². The molecule has 3 rings (SSSR count). The van der Waals surface area contributed by atoms with Crippen LogP contribution < -0.4 is 0 Å². The van der Waals surface area contributed by atoms with Crippen LogP contribution in [0.4, 0.5) is 4.79 Å². The van der Waals surface area contributed by atoms with Crippen molar-refractivity contribution >= 4 is 17.9 Å². The van der Waals surface area contributed by atoms with Crippen molar-refractivity contribution in [3.63, 3.8) is 0 Å². The first-order chi connectivity index (χ1) is 12.1. The molecule has 2 heterocycles. The van der Waals surface area contributed by atoms with Crippen molar-refractivity contribution in [3.8, 4) is 0 Å². The maximum Gasteiger partial charge on any atom is 0.349 e. The van der Waals surface area contributed by atoms with Gasteiger partial charge in [-0.1, -0.05) is 30.3 Å². The Balaban J connectivity index is 2.08. The summed E-state index contributed by atoms with van der Waals surface area (Å²) in [7, 11) is 0. The minimum atomic E-state index is -0.141. The first-order valence-corrected chi connectivity index (χ1v) is 8.69. The molecule has 25 heavy (non-hydrogen) atoms. The topological polar surface area (TPSA) is 40.8 Å². The van der Waals surface area contributed by atoms with Crippen LogP contribution in [-0.4, -0.2) is 39.4 Å². The fourth-order valence-electron chi connectivity index (χ4n) is 3.03. The Kier molecular flexibility index (Phi) is 5.03. The summed E-state index contributed by atoms with van der Waals surface area (Å²) in [5, 5.41) is 6.31. The van der Waals surface area contributed by atoms with Crippen molar-refractivity contribution in [1.82, 2.24) is 14.5 Å². The third-order valence-corrected chi connectivity index (χ3v) is 4.38. The predicted molar refractivity (Wildman–Crippen MR) is 101 cm³/mol. The highest BCUT2D eigenvalue weighted by molar-refractivity contribution is 6.03. The van der Waals surface area contributed by atoms with Crippen molar-refractivity contribution in [2.75, 3.05) is 13.1 Å². The van der Waals surface area contributed by atoms with Gasteiger partial charge in [-0.25, -0.2) is 9.80 Å². The lowest BCUT2D eigenvalue weighted by Gasteiger charge is -2.28. The highest BCUT2D eigenvalue weighted by Gasteiger charge is 2.23. The zero-order valence-corrected chi connectivity index (χ0v) is 15.0. The van der Waals surface area contributed by atoms with Gasteiger partial charge in [0.15, 0.2) is 5.84 Å². The Morgan fingerprint density at radius 3 is 2.44 bits per heavy atom. The number of hydrazone groups is 1. The first-order valence-electron chi connectivity index (χ1n) is 8.69. The molecule has 1 aliphatic rings. The average Bonchev–Trinajstić information content (AvgIpc) is 3.08. The summed E-state index contributed by atoms with van der Waals surface area (Å²) in [6, 6.07) is 13.7. The molecule has 0 N–H and O–H groups in total. The van der Waals surface area contributed by atoms with Crippen molar-refractivity contribution in [2.24, 2.45) is 5.10 Å². The number of hydrogen-bond donors (Lipinski definition) is 0. The van der Waals surface area contributed by atoms with E-state index >= 15 is 0 Å². The van der Waals surface area contributed by atoms with Gasteiger partial charge in [0.1, 0.15) is 0 Å². The number of amidine groups is 1. The van der Waals surface area contributed by atoms with Crippen molar-refractivity contribution < 1.29 is 4.79 Å². The summed E-state index contributed by atoms with van der Waals surface area (Å²) in [4.78, 5) is 15.2. The number of benzene rings is 1. The Labute approximate surface area is 148 Å². The van der Waals surface area contributed by atoms with Crippen molar-refractivity contribution in [2.45, 2.75) is 27.3 Å². The monoisotopic (exact) mass is 336 g/mol. The second kappa shape index (κ2) is 7.38. The van der Waals surface area contributed by atoms with E-state index in [4.69, 9.17) is 5.10 Å². The second-order valence-corrected chi connectivity index (χ2v) is 6.05. The number of rotatable bonds is 4. The zero-order chi connectivity index (χ0) is 17.8. The maximum absolute atomic E-state index is 13.0. The van der Waals surface area contributed by atoms with Crippen LogP contribution in [0, 0.1) is 0 Å². The molecule has 0 radical (unpaired) electrons. The lowest BCUT2D eigenvalue weighted by Crippen LogP contribution is -2.38. The molecule has 1 aromatic carbocycles. The van der Waals surface area contributed by atoms with Gasteiger partial charge in [-0.05, 0) is 50.1 Å². The summed E-state index contributed by atoms with van der Waals surface area (Å²) in [6.07, 6.45) is 3.81. The van der Waals surface area contributed by atoms with E-state index in [0.717, 1.165) is 35.8 Å². The molecule has 130 valence electrons. The lowest BCUT2D eigenvalue weighted by atomic mass is 10.2. The van der Waals surface area contributed by atoms with E-state index < -0.39 is 0 Å². The molecule has 5 nitrogen and oxygen atoms in total. The Hall–Kier alpha value is -2.82. The van der Waals surface area contributed by atoms with Gasteiger partial charge < -0.3 is 4.90 Å². The maximum atomic E-state index is 13.0. The molecular formula is C20H24N4O. The van der Waals surface area contributed by atoms with Gasteiger partial charge in [0.2, 0.25) is 0 Å². The van der Waals surface area contributed by atoms with E-state index in [9.17, 15) is 4.79 Å². The van der Waals surface area contributed by atoms with Crippen molar-refractivity contribution in [1.29, 1.82) is 0 Å². The molecule has 5 heteroatoms. The summed E-state index contributed by atoms with van der Waals surface area (Å²) >= 11 is 0. The molecule has 1 aromatic heterocycles. The molecular weight excluding hydrogens is 312 g/mol. The van der Waals surface area contributed by atoms with Crippen LogP contribution in [0.25, 0.3) is 6.08 Å². The van der Waals surface area contributed by atoms with E-state index in [1.807, 2.05) is 55.5 Å². The average molecular weight is 336 g/mol. The number of nitrogens with zero attached hydrogens (tertiary/aromatic N) is 4. The first kappa shape index (κ1) is 17.0. The number of hydrogen-bond acceptors (Lipinski definition) is 3. The number of fused-ring (bicyclic) bond motifs is 1. The number of amides is 1. The van der Waals surface area contributed by atoms with Gasteiger partial charge >= 0.3 is 6.03 Å². The van der Waals surface area contributed by atoms with Gasteiger partial charge in [-0.2, -0.15) is 5.10 Å². The van der Waals surface area contributed by atoms with Crippen LogP contribution in [0.15, 0.2) is 59.3 Å². The molecule has 0 unspecified atom stereocenters.